The molecular weight excluding hydrogens is 376 g/mol. The summed E-state index contributed by atoms with van der Waals surface area (Å²) >= 11 is 6.42. The number of ketones is 4. The number of hydrogen-bond acceptors (Lipinski definition) is 4. The molecule has 2 aliphatic carbocycles. The maximum Gasteiger partial charge on any atom is 0.144 e. The summed E-state index contributed by atoms with van der Waals surface area (Å²) in [6, 6.07) is 6.92. The van der Waals surface area contributed by atoms with Crippen molar-refractivity contribution in [2.75, 3.05) is 0 Å². The second-order valence-corrected chi connectivity index (χ2v) is 10.3. The number of carbonyl (C=O) groups is 4. The van der Waals surface area contributed by atoms with Gasteiger partial charge in [-0.15, -0.1) is 0 Å². The zero-order chi connectivity index (χ0) is 20.9. The molecule has 0 unspecified atom stereocenters. The molecule has 0 heterocycles. The van der Waals surface area contributed by atoms with Gasteiger partial charge in [-0.05, 0) is 22.5 Å². The second-order valence-electron chi connectivity index (χ2n) is 9.90. The fraction of sp³-hybridized carbons (Fsp3) is 0.565. The summed E-state index contributed by atoms with van der Waals surface area (Å²) in [5.74, 6) is -3.60. The topological polar surface area (TPSA) is 68.3 Å². The second kappa shape index (κ2) is 7.22. The van der Waals surface area contributed by atoms with Crippen LogP contribution in [-0.2, 0) is 19.2 Å². The molecule has 150 valence electrons. The van der Waals surface area contributed by atoms with Gasteiger partial charge in [-0.2, -0.15) is 0 Å². The Morgan fingerprint density at radius 2 is 1.11 bits per heavy atom. The van der Waals surface area contributed by atoms with Gasteiger partial charge in [0.1, 0.15) is 23.1 Å². The summed E-state index contributed by atoms with van der Waals surface area (Å²) in [7, 11) is 0. The molecule has 0 atom stereocenters. The molecule has 2 saturated carbocycles. The van der Waals surface area contributed by atoms with E-state index < -0.39 is 28.6 Å². The van der Waals surface area contributed by atoms with E-state index in [1.54, 1.807) is 24.3 Å². The standard InChI is InChI=1S/C23H27ClO4/c1-22(2)9-15(25)20(16(26)10-22)19(13-7-5-6-8-14(13)24)21-17(27)11-23(3,4)12-18(21)28/h5-8,19-21H,9-12H2,1-4H3. The van der Waals surface area contributed by atoms with Crippen LogP contribution in [0.15, 0.2) is 24.3 Å². The van der Waals surface area contributed by atoms with Crippen LogP contribution in [0, 0.1) is 22.7 Å². The molecule has 0 bridgehead atoms. The fourth-order valence-electron chi connectivity index (χ4n) is 4.91. The van der Waals surface area contributed by atoms with E-state index in [4.69, 9.17) is 11.6 Å². The molecule has 4 nitrogen and oxygen atoms in total. The summed E-state index contributed by atoms with van der Waals surface area (Å²) in [6.45, 7) is 7.57. The van der Waals surface area contributed by atoms with E-state index in [0.29, 0.717) is 10.6 Å². The number of halogens is 1. The molecule has 0 saturated heterocycles. The van der Waals surface area contributed by atoms with Gasteiger partial charge >= 0.3 is 0 Å². The van der Waals surface area contributed by atoms with E-state index in [9.17, 15) is 19.2 Å². The molecule has 0 spiro atoms. The highest BCUT2D eigenvalue weighted by Gasteiger charge is 2.52. The first-order valence-electron chi connectivity index (χ1n) is 9.77. The first-order valence-corrected chi connectivity index (χ1v) is 10.1. The van der Waals surface area contributed by atoms with Gasteiger partial charge in [-0.3, -0.25) is 19.2 Å². The van der Waals surface area contributed by atoms with E-state index in [-0.39, 0.29) is 48.8 Å². The minimum atomic E-state index is -0.993. The van der Waals surface area contributed by atoms with Crippen molar-refractivity contribution in [3.63, 3.8) is 0 Å². The molecule has 1 aromatic rings. The SMILES string of the molecule is CC1(C)CC(=O)C(C(c2ccccc2Cl)C2C(=O)CC(C)(C)CC2=O)C(=O)C1. The van der Waals surface area contributed by atoms with Gasteiger partial charge in [0.15, 0.2) is 0 Å². The molecule has 0 radical (unpaired) electrons. The van der Waals surface area contributed by atoms with Crippen molar-refractivity contribution < 1.29 is 19.2 Å². The van der Waals surface area contributed by atoms with Crippen LogP contribution in [-0.4, -0.2) is 23.1 Å². The van der Waals surface area contributed by atoms with Crippen LogP contribution < -0.4 is 0 Å². The molecule has 3 rings (SSSR count). The average molecular weight is 403 g/mol. The molecule has 5 heteroatoms. The number of Topliss-reactive ketones (excluding diaryl/α,β-unsaturated/α-hetero) is 4. The van der Waals surface area contributed by atoms with Crippen LogP contribution in [0.4, 0.5) is 0 Å². The Balaban J connectivity index is 2.11. The van der Waals surface area contributed by atoms with E-state index in [1.165, 1.54) is 0 Å². The van der Waals surface area contributed by atoms with Crippen LogP contribution in [0.1, 0.15) is 64.9 Å². The van der Waals surface area contributed by atoms with E-state index in [2.05, 4.69) is 0 Å². The average Bonchev–Trinajstić information content (AvgIpc) is 2.50. The van der Waals surface area contributed by atoms with Gasteiger partial charge in [0.05, 0.1) is 11.8 Å². The van der Waals surface area contributed by atoms with Crippen molar-refractivity contribution in [3.8, 4) is 0 Å². The highest BCUT2D eigenvalue weighted by molar-refractivity contribution is 6.31. The molecule has 0 N–H and O–H groups in total. The molecule has 2 fully saturated rings. The van der Waals surface area contributed by atoms with Crippen molar-refractivity contribution in [2.24, 2.45) is 22.7 Å². The molecule has 2 aliphatic rings. The molecule has 28 heavy (non-hydrogen) atoms. The summed E-state index contributed by atoms with van der Waals surface area (Å²) in [4.78, 5) is 52.2. The summed E-state index contributed by atoms with van der Waals surface area (Å²) < 4.78 is 0. The third kappa shape index (κ3) is 3.98. The van der Waals surface area contributed by atoms with Crippen LogP contribution in [0.5, 0.6) is 0 Å². The number of benzene rings is 1. The van der Waals surface area contributed by atoms with Crippen LogP contribution in [0.2, 0.25) is 5.02 Å². The third-order valence-electron chi connectivity index (χ3n) is 5.98. The molecule has 1 aromatic carbocycles. The zero-order valence-electron chi connectivity index (χ0n) is 16.9. The van der Waals surface area contributed by atoms with Gasteiger partial charge < -0.3 is 0 Å². The lowest BCUT2D eigenvalue weighted by Gasteiger charge is -2.41. The highest BCUT2D eigenvalue weighted by atomic mass is 35.5. The van der Waals surface area contributed by atoms with Crippen molar-refractivity contribution in [1.29, 1.82) is 0 Å². The summed E-state index contributed by atoms with van der Waals surface area (Å²) in [6.07, 6.45) is 1.02. The zero-order valence-corrected chi connectivity index (χ0v) is 17.6. The van der Waals surface area contributed by atoms with Crippen molar-refractivity contribution >= 4 is 34.7 Å². The maximum absolute atomic E-state index is 13.0. The lowest BCUT2D eigenvalue weighted by Crippen LogP contribution is -2.48. The van der Waals surface area contributed by atoms with Gasteiger partial charge in [0.2, 0.25) is 0 Å². The highest BCUT2D eigenvalue weighted by Crippen LogP contribution is 2.48. The number of rotatable bonds is 3. The van der Waals surface area contributed by atoms with E-state index in [1.807, 2.05) is 27.7 Å². The third-order valence-corrected chi connectivity index (χ3v) is 6.33. The summed E-state index contributed by atoms with van der Waals surface area (Å²) in [5.41, 5.74) is -0.265. The van der Waals surface area contributed by atoms with E-state index >= 15 is 0 Å². The molecule has 0 aliphatic heterocycles. The van der Waals surface area contributed by atoms with Crippen molar-refractivity contribution in [1.82, 2.24) is 0 Å². The predicted octanol–water partition coefficient (Wildman–Crippen LogP) is 4.57. The van der Waals surface area contributed by atoms with Crippen molar-refractivity contribution in [3.05, 3.63) is 34.9 Å². The van der Waals surface area contributed by atoms with Gasteiger partial charge in [0.25, 0.3) is 0 Å². The Morgan fingerprint density at radius 1 is 0.750 bits per heavy atom. The van der Waals surface area contributed by atoms with Crippen LogP contribution >= 0.6 is 11.6 Å². The number of hydrogen-bond donors (Lipinski definition) is 0. The Morgan fingerprint density at radius 3 is 1.46 bits per heavy atom. The lowest BCUT2D eigenvalue weighted by atomic mass is 9.59. The quantitative estimate of drug-likeness (QED) is 0.694. The minimum Gasteiger partial charge on any atom is -0.299 e. The first-order chi connectivity index (χ1) is 12.9. The minimum absolute atomic E-state index is 0.198. The van der Waals surface area contributed by atoms with Gasteiger partial charge in [0, 0.05) is 36.6 Å². The van der Waals surface area contributed by atoms with Crippen LogP contribution in [0.3, 0.4) is 0 Å². The molecular formula is C23H27ClO4. The Hall–Kier alpha value is -1.81. The summed E-state index contributed by atoms with van der Waals surface area (Å²) in [5, 5.41) is 0.378. The largest absolute Gasteiger partial charge is 0.299 e. The number of carbonyl (C=O) groups excluding carboxylic acids is 4. The van der Waals surface area contributed by atoms with E-state index in [0.717, 1.165) is 0 Å². The Bertz CT molecular complexity index is 764. The maximum atomic E-state index is 13.0. The molecule has 0 aromatic heterocycles. The van der Waals surface area contributed by atoms with Gasteiger partial charge in [-0.1, -0.05) is 57.5 Å². The predicted molar refractivity (Wildman–Crippen MR) is 107 cm³/mol. The van der Waals surface area contributed by atoms with Crippen molar-refractivity contribution in [2.45, 2.75) is 59.3 Å². The smallest absolute Gasteiger partial charge is 0.144 e. The molecule has 0 amide bonds. The lowest BCUT2D eigenvalue weighted by molar-refractivity contribution is -0.145. The monoisotopic (exact) mass is 402 g/mol. The Labute approximate surface area is 171 Å². The van der Waals surface area contributed by atoms with Crippen LogP contribution in [0.25, 0.3) is 0 Å². The fourth-order valence-corrected chi connectivity index (χ4v) is 5.17. The van der Waals surface area contributed by atoms with Gasteiger partial charge in [-0.25, -0.2) is 0 Å². The first kappa shape index (κ1) is 20.9. The Kier molecular flexibility index (Phi) is 5.39. The normalized spacial score (nSPS) is 23.5.